The fourth-order valence-corrected chi connectivity index (χ4v) is 4.14. The van der Waals surface area contributed by atoms with Crippen molar-refractivity contribution in [1.82, 2.24) is 8.96 Å². The first-order valence-corrected chi connectivity index (χ1v) is 10.1. The van der Waals surface area contributed by atoms with Crippen LogP contribution in [-0.4, -0.2) is 31.3 Å². The molecule has 7 nitrogen and oxygen atoms in total. The zero-order valence-electron chi connectivity index (χ0n) is 13.5. The first-order chi connectivity index (χ1) is 12.4. The Labute approximate surface area is 152 Å². The Morgan fingerprint density at radius 2 is 1.67 bits per heavy atom. The molecule has 0 N–H and O–H groups in total. The first kappa shape index (κ1) is 19.2. The smallest absolute Gasteiger partial charge is 0.356 e. The van der Waals surface area contributed by atoms with Gasteiger partial charge in [-0.05, 0) is 31.2 Å². The molecule has 0 aliphatic heterocycles. The van der Waals surface area contributed by atoms with Gasteiger partial charge >= 0.3 is 15.6 Å². The van der Waals surface area contributed by atoms with Gasteiger partial charge in [-0.15, -0.1) is 0 Å². The van der Waals surface area contributed by atoms with Crippen LogP contribution in [0.15, 0.2) is 53.6 Å². The van der Waals surface area contributed by atoms with E-state index in [9.17, 15) is 30.0 Å². The van der Waals surface area contributed by atoms with E-state index < -0.39 is 31.5 Å². The summed E-state index contributed by atoms with van der Waals surface area (Å²) in [7, 11) is -10.6. The second-order valence-corrected chi connectivity index (χ2v) is 8.79. The summed E-state index contributed by atoms with van der Waals surface area (Å²) in [5.41, 5.74) is -5.25. The Bertz CT molecular complexity index is 1210. The highest BCUT2D eigenvalue weighted by Crippen LogP contribution is 2.33. The van der Waals surface area contributed by atoms with Gasteiger partial charge in [0.25, 0.3) is 10.0 Å². The molecular weight excluding hydrogens is 409 g/mol. The summed E-state index contributed by atoms with van der Waals surface area (Å²) >= 11 is 0. The maximum absolute atomic E-state index is 12.9. The summed E-state index contributed by atoms with van der Waals surface area (Å²) in [5, 5.41) is 0.0839. The third-order valence-electron chi connectivity index (χ3n) is 3.53. The summed E-state index contributed by atoms with van der Waals surface area (Å²) in [5.74, 6) is -1.04. The van der Waals surface area contributed by atoms with Crippen LogP contribution < -0.4 is 4.18 Å². The second-order valence-electron chi connectivity index (χ2n) is 5.46. The van der Waals surface area contributed by atoms with Gasteiger partial charge in [-0.1, -0.05) is 17.7 Å². The third-order valence-corrected chi connectivity index (χ3v) is 6.18. The minimum absolute atomic E-state index is 0.0839. The van der Waals surface area contributed by atoms with Gasteiger partial charge in [0.2, 0.25) is 5.88 Å². The van der Waals surface area contributed by atoms with Crippen molar-refractivity contribution >= 4 is 31.2 Å². The molecule has 27 heavy (non-hydrogen) atoms. The van der Waals surface area contributed by atoms with Crippen molar-refractivity contribution in [2.75, 3.05) is 0 Å². The number of alkyl halides is 3. The van der Waals surface area contributed by atoms with E-state index in [1.165, 1.54) is 42.6 Å². The molecule has 0 radical (unpaired) electrons. The lowest BCUT2D eigenvalue weighted by Crippen LogP contribution is -2.29. The molecule has 0 saturated carbocycles. The molecule has 3 aromatic rings. The highest BCUT2D eigenvalue weighted by atomic mass is 32.2. The van der Waals surface area contributed by atoms with Crippen LogP contribution in [0.25, 0.3) is 11.0 Å². The number of nitrogens with zero attached hydrogens (tertiary/aromatic N) is 2. The lowest BCUT2D eigenvalue weighted by atomic mass is 10.2. The van der Waals surface area contributed by atoms with Crippen molar-refractivity contribution < 1.29 is 34.2 Å². The van der Waals surface area contributed by atoms with Crippen LogP contribution in [0.4, 0.5) is 13.2 Å². The highest BCUT2D eigenvalue weighted by molar-refractivity contribution is 7.90. The van der Waals surface area contributed by atoms with E-state index in [0.29, 0.717) is 3.97 Å². The Balaban J connectivity index is 2.27. The standard InChI is InChI=1S/C15H11F3N2O5S2/c1-10-4-6-12(7-5-10)26(21,22)20-13(25-27(23,24)15(16,17)18)9-11-3-2-8-19-14(11)20/h2-9H,1H3. The number of aryl methyl sites for hydroxylation is 1. The van der Waals surface area contributed by atoms with Crippen LogP contribution in [0.2, 0.25) is 0 Å². The lowest BCUT2D eigenvalue weighted by molar-refractivity contribution is -0.0501. The molecule has 0 amide bonds. The van der Waals surface area contributed by atoms with Crippen LogP contribution in [0.5, 0.6) is 5.88 Å². The predicted octanol–water partition coefficient (Wildman–Crippen LogP) is 2.81. The summed E-state index contributed by atoms with van der Waals surface area (Å²) in [6.45, 7) is 1.72. The molecule has 3 rings (SSSR count). The number of halogens is 3. The van der Waals surface area contributed by atoms with Crippen molar-refractivity contribution in [2.24, 2.45) is 0 Å². The van der Waals surface area contributed by atoms with Crippen LogP contribution >= 0.6 is 0 Å². The van der Waals surface area contributed by atoms with E-state index in [-0.39, 0.29) is 15.9 Å². The minimum Gasteiger partial charge on any atom is -0.356 e. The van der Waals surface area contributed by atoms with Crippen LogP contribution in [0, 0.1) is 6.92 Å². The van der Waals surface area contributed by atoms with Crippen LogP contribution in [0.3, 0.4) is 0 Å². The van der Waals surface area contributed by atoms with Gasteiger partial charge in [0.15, 0.2) is 5.65 Å². The number of rotatable bonds is 4. The van der Waals surface area contributed by atoms with Gasteiger partial charge < -0.3 is 4.18 Å². The van der Waals surface area contributed by atoms with E-state index in [2.05, 4.69) is 9.17 Å². The number of hydrogen-bond donors (Lipinski definition) is 0. The van der Waals surface area contributed by atoms with Gasteiger partial charge in [0, 0.05) is 17.6 Å². The second kappa shape index (κ2) is 6.23. The van der Waals surface area contributed by atoms with Crippen molar-refractivity contribution in [3.63, 3.8) is 0 Å². The van der Waals surface area contributed by atoms with E-state index in [1.54, 1.807) is 6.92 Å². The molecule has 0 unspecified atom stereocenters. The molecule has 0 atom stereocenters. The lowest BCUT2D eigenvalue weighted by Gasteiger charge is -2.13. The highest BCUT2D eigenvalue weighted by Gasteiger charge is 2.49. The van der Waals surface area contributed by atoms with Gasteiger partial charge in [0.05, 0.1) is 4.90 Å². The van der Waals surface area contributed by atoms with E-state index in [0.717, 1.165) is 11.6 Å². The van der Waals surface area contributed by atoms with Gasteiger partial charge in [0.1, 0.15) is 0 Å². The largest absolute Gasteiger partial charge is 0.534 e. The summed E-state index contributed by atoms with van der Waals surface area (Å²) < 4.78 is 91.1. The van der Waals surface area contributed by atoms with Crippen LogP contribution in [-0.2, 0) is 20.1 Å². The Hall–Kier alpha value is -2.60. The predicted molar refractivity (Wildman–Crippen MR) is 89.1 cm³/mol. The number of aromatic nitrogens is 2. The molecule has 0 saturated heterocycles. The van der Waals surface area contributed by atoms with Crippen molar-refractivity contribution in [3.05, 3.63) is 54.2 Å². The number of benzene rings is 1. The zero-order chi connectivity index (χ0) is 20.0. The molecule has 2 aromatic heterocycles. The molecule has 2 heterocycles. The fourth-order valence-electron chi connectivity index (χ4n) is 2.25. The van der Waals surface area contributed by atoms with Gasteiger partial charge in [-0.2, -0.15) is 25.6 Å². The number of hydrogen-bond acceptors (Lipinski definition) is 6. The minimum atomic E-state index is -6.08. The molecule has 0 spiro atoms. The van der Waals surface area contributed by atoms with E-state index >= 15 is 0 Å². The number of fused-ring (bicyclic) bond motifs is 1. The van der Waals surface area contributed by atoms with Crippen molar-refractivity contribution in [3.8, 4) is 5.88 Å². The van der Waals surface area contributed by atoms with Gasteiger partial charge in [-0.3, -0.25) is 0 Å². The summed E-state index contributed by atoms with van der Waals surface area (Å²) in [6, 6.07) is 9.07. The molecule has 0 bridgehead atoms. The van der Waals surface area contributed by atoms with E-state index in [1.807, 2.05) is 0 Å². The molecule has 0 fully saturated rings. The monoisotopic (exact) mass is 420 g/mol. The molecule has 0 aliphatic carbocycles. The molecule has 0 aliphatic rings. The van der Waals surface area contributed by atoms with Gasteiger partial charge in [-0.25, -0.2) is 13.4 Å². The third kappa shape index (κ3) is 3.37. The fraction of sp³-hybridized carbons (Fsp3) is 0.133. The molecule has 1 aromatic carbocycles. The quantitative estimate of drug-likeness (QED) is 0.476. The SMILES string of the molecule is Cc1ccc(S(=O)(=O)n2c(OS(=O)(=O)C(F)(F)F)cc3cccnc32)cc1. The van der Waals surface area contributed by atoms with Crippen molar-refractivity contribution in [1.29, 1.82) is 0 Å². The average molecular weight is 420 g/mol. The van der Waals surface area contributed by atoms with E-state index in [4.69, 9.17) is 0 Å². The normalized spacial score (nSPS) is 13.0. The molecular formula is C15H11F3N2O5S2. The Morgan fingerprint density at radius 1 is 1.04 bits per heavy atom. The zero-order valence-corrected chi connectivity index (χ0v) is 15.1. The number of pyridine rings is 1. The van der Waals surface area contributed by atoms with Crippen molar-refractivity contribution in [2.45, 2.75) is 17.3 Å². The summed E-state index contributed by atoms with van der Waals surface area (Å²) in [6.07, 6.45) is 1.21. The molecule has 144 valence electrons. The topological polar surface area (TPSA) is 95.3 Å². The molecule has 12 heteroatoms. The summed E-state index contributed by atoms with van der Waals surface area (Å²) in [4.78, 5) is 3.56. The average Bonchev–Trinajstić information content (AvgIpc) is 2.91. The Morgan fingerprint density at radius 3 is 2.26 bits per heavy atom. The van der Waals surface area contributed by atoms with Crippen LogP contribution in [0.1, 0.15) is 5.56 Å². The first-order valence-electron chi connectivity index (χ1n) is 7.23. The maximum Gasteiger partial charge on any atom is 0.534 e. The Kier molecular flexibility index (Phi) is 4.43. The maximum atomic E-state index is 12.9.